The molecule has 1 heterocycles. The molecule has 7 nitrogen and oxygen atoms in total. The van der Waals surface area contributed by atoms with E-state index in [4.69, 9.17) is 16.3 Å². The van der Waals surface area contributed by atoms with Gasteiger partial charge in [-0.25, -0.2) is 4.98 Å². The number of nitro groups is 1. The van der Waals surface area contributed by atoms with Crippen molar-refractivity contribution < 1.29 is 9.66 Å². The van der Waals surface area contributed by atoms with Crippen LogP contribution in [0.15, 0.2) is 29.3 Å². The van der Waals surface area contributed by atoms with Crippen molar-refractivity contribution in [1.29, 1.82) is 0 Å². The minimum Gasteiger partial charge on any atom is -0.438 e. The predicted octanol–water partition coefficient (Wildman–Crippen LogP) is 2.73. The van der Waals surface area contributed by atoms with Gasteiger partial charge >= 0.3 is 0 Å². The molecule has 1 aromatic carbocycles. The number of benzene rings is 1. The van der Waals surface area contributed by atoms with Crippen LogP contribution in [0.3, 0.4) is 0 Å². The molecule has 0 saturated carbocycles. The van der Waals surface area contributed by atoms with E-state index in [1.807, 2.05) is 0 Å². The molecule has 0 amide bonds. The first-order chi connectivity index (χ1) is 8.99. The van der Waals surface area contributed by atoms with Crippen LogP contribution in [0.5, 0.6) is 11.6 Å². The van der Waals surface area contributed by atoms with E-state index in [1.54, 1.807) is 22.6 Å². The maximum atomic E-state index is 11.3. The lowest BCUT2D eigenvalue weighted by atomic mass is 10.3. The molecule has 2 rings (SSSR count). The van der Waals surface area contributed by atoms with Gasteiger partial charge in [0, 0.05) is 12.1 Å². The second kappa shape index (κ2) is 5.53. The smallest absolute Gasteiger partial charge is 0.288 e. The van der Waals surface area contributed by atoms with Gasteiger partial charge in [0.1, 0.15) is 14.3 Å². The number of rotatable bonds is 3. The highest BCUT2D eigenvalue weighted by molar-refractivity contribution is 14.1. The van der Waals surface area contributed by atoms with Crippen LogP contribution in [0.4, 0.5) is 5.69 Å². The number of hydrogen-bond donors (Lipinski definition) is 1. The van der Waals surface area contributed by atoms with E-state index in [1.165, 1.54) is 24.5 Å². The third-order valence-corrected chi connectivity index (χ3v) is 3.35. The van der Waals surface area contributed by atoms with E-state index in [2.05, 4.69) is 9.97 Å². The van der Waals surface area contributed by atoms with Crippen molar-refractivity contribution in [1.82, 2.24) is 9.97 Å². The van der Waals surface area contributed by atoms with Crippen molar-refractivity contribution in [2.24, 2.45) is 0 Å². The topological polar surface area (TPSA) is 98.1 Å². The molecular weight excluding hydrogens is 388 g/mol. The van der Waals surface area contributed by atoms with Gasteiger partial charge in [-0.3, -0.25) is 14.9 Å². The Kier molecular flexibility index (Phi) is 4.00. The molecule has 0 saturated heterocycles. The summed E-state index contributed by atoms with van der Waals surface area (Å²) >= 11 is 7.54. The quantitative estimate of drug-likeness (QED) is 0.491. The van der Waals surface area contributed by atoms with Crippen molar-refractivity contribution in [3.63, 3.8) is 0 Å². The summed E-state index contributed by atoms with van der Waals surface area (Å²) in [6, 6.07) is 3.89. The van der Waals surface area contributed by atoms with Crippen LogP contribution in [0.2, 0.25) is 5.02 Å². The summed E-state index contributed by atoms with van der Waals surface area (Å²) in [4.78, 5) is 27.6. The Hall–Kier alpha value is -1.68. The van der Waals surface area contributed by atoms with Crippen LogP contribution in [-0.4, -0.2) is 14.9 Å². The van der Waals surface area contributed by atoms with Gasteiger partial charge in [0.15, 0.2) is 0 Å². The van der Waals surface area contributed by atoms with Crippen LogP contribution >= 0.6 is 34.2 Å². The zero-order valence-electron chi connectivity index (χ0n) is 9.09. The number of nitro benzene ring substituents is 1. The largest absolute Gasteiger partial charge is 0.438 e. The van der Waals surface area contributed by atoms with Crippen molar-refractivity contribution in [3.8, 4) is 11.6 Å². The molecule has 1 aromatic heterocycles. The maximum Gasteiger partial charge on any atom is 0.288 e. The highest BCUT2D eigenvalue weighted by Crippen LogP contribution is 2.30. The molecular formula is C10H5ClIN3O4. The summed E-state index contributed by atoms with van der Waals surface area (Å²) in [5, 5.41) is 10.6. The third-order valence-electron chi connectivity index (χ3n) is 2.09. The van der Waals surface area contributed by atoms with E-state index in [0.717, 1.165) is 0 Å². The van der Waals surface area contributed by atoms with Crippen molar-refractivity contribution in [3.05, 3.63) is 53.6 Å². The van der Waals surface area contributed by atoms with Crippen molar-refractivity contribution in [2.75, 3.05) is 0 Å². The number of ether oxygens (including phenoxy) is 1. The summed E-state index contributed by atoms with van der Waals surface area (Å²) in [5.74, 6) is 0.362. The fraction of sp³-hybridized carbons (Fsp3) is 0. The molecule has 0 aliphatic heterocycles. The Balaban J connectivity index is 2.34. The SMILES string of the molecule is O=c1[nH]cnc(Oc2ccc([N+](=O)[O-])c(Cl)c2)c1I. The summed E-state index contributed by atoms with van der Waals surface area (Å²) in [6.45, 7) is 0. The number of H-pyrrole nitrogens is 1. The summed E-state index contributed by atoms with van der Waals surface area (Å²) < 4.78 is 5.63. The standard InChI is InChI=1S/C10H5ClIN3O4/c11-6-3-5(1-2-7(6)15(17)18)19-10-8(12)9(16)13-4-14-10/h1-4H,(H,13,14,16). The lowest BCUT2D eigenvalue weighted by Gasteiger charge is -2.05. The lowest BCUT2D eigenvalue weighted by Crippen LogP contribution is -2.11. The van der Waals surface area contributed by atoms with Crippen LogP contribution in [0.1, 0.15) is 0 Å². The van der Waals surface area contributed by atoms with Gasteiger partial charge < -0.3 is 9.72 Å². The Morgan fingerprint density at radius 2 is 2.21 bits per heavy atom. The highest BCUT2D eigenvalue weighted by Gasteiger charge is 2.14. The third kappa shape index (κ3) is 3.01. The van der Waals surface area contributed by atoms with Gasteiger partial charge in [-0.2, -0.15) is 0 Å². The van der Waals surface area contributed by atoms with Crippen LogP contribution in [0.25, 0.3) is 0 Å². The highest BCUT2D eigenvalue weighted by atomic mass is 127. The number of nitrogens with one attached hydrogen (secondary N) is 1. The van der Waals surface area contributed by atoms with Gasteiger partial charge in [-0.05, 0) is 28.7 Å². The molecule has 0 aliphatic rings. The van der Waals surface area contributed by atoms with Crippen LogP contribution < -0.4 is 10.3 Å². The van der Waals surface area contributed by atoms with Gasteiger partial charge in [-0.15, -0.1) is 0 Å². The molecule has 0 bridgehead atoms. The second-order valence-electron chi connectivity index (χ2n) is 3.32. The predicted molar refractivity (Wildman–Crippen MR) is 75.8 cm³/mol. The lowest BCUT2D eigenvalue weighted by molar-refractivity contribution is -0.384. The molecule has 1 N–H and O–H groups in total. The van der Waals surface area contributed by atoms with Gasteiger partial charge in [0.2, 0.25) is 5.88 Å². The molecule has 98 valence electrons. The van der Waals surface area contributed by atoms with E-state index in [-0.39, 0.29) is 31.5 Å². The van der Waals surface area contributed by atoms with Gasteiger partial charge in [0.25, 0.3) is 11.2 Å². The van der Waals surface area contributed by atoms with Crippen LogP contribution in [0, 0.1) is 13.7 Å². The Labute approximate surface area is 124 Å². The number of aromatic amines is 1. The fourth-order valence-electron chi connectivity index (χ4n) is 1.25. The first-order valence-corrected chi connectivity index (χ1v) is 6.29. The van der Waals surface area contributed by atoms with E-state index < -0.39 is 4.92 Å². The van der Waals surface area contributed by atoms with Gasteiger partial charge in [-0.1, -0.05) is 11.6 Å². The Morgan fingerprint density at radius 1 is 1.47 bits per heavy atom. The van der Waals surface area contributed by atoms with Gasteiger partial charge in [0.05, 0.1) is 11.3 Å². The average Bonchev–Trinajstić information content (AvgIpc) is 2.34. The molecule has 19 heavy (non-hydrogen) atoms. The fourth-order valence-corrected chi connectivity index (χ4v) is 1.89. The monoisotopic (exact) mass is 393 g/mol. The minimum absolute atomic E-state index is 0.0534. The van der Waals surface area contributed by atoms with Crippen LogP contribution in [-0.2, 0) is 0 Å². The normalized spacial score (nSPS) is 10.2. The first-order valence-electron chi connectivity index (χ1n) is 4.84. The summed E-state index contributed by atoms with van der Waals surface area (Å²) in [6.07, 6.45) is 1.20. The molecule has 0 radical (unpaired) electrons. The maximum absolute atomic E-state index is 11.3. The molecule has 2 aromatic rings. The number of nitrogens with zero attached hydrogens (tertiary/aromatic N) is 2. The molecule has 9 heteroatoms. The molecule has 0 fully saturated rings. The number of halogens is 2. The Bertz CT molecular complexity index is 703. The molecule has 0 atom stereocenters. The zero-order valence-corrected chi connectivity index (χ0v) is 12.0. The number of hydrogen-bond acceptors (Lipinski definition) is 5. The zero-order chi connectivity index (χ0) is 14.0. The summed E-state index contributed by atoms with van der Waals surface area (Å²) in [7, 11) is 0. The van der Waals surface area contributed by atoms with E-state index in [9.17, 15) is 14.9 Å². The van der Waals surface area contributed by atoms with E-state index in [0.29, 0.717) is 0 Å². The average molecular weight is 394 g/mol. The summed E-state index contributed by atoms with van der Waals surface area (Å²) in [5.41, 5.74) is -0.554. The van der Waals surface area contributed by atoms with E-state index >= 15 is 0 Å². The molecule has 0 spiro atoms. The minimum atomic E-state index is -0.596. The Morgan fingerprint density at radius 3 is 2.84 bits per heavy atom. The second-order valence-corrected chi connectivity index (χ2v) is 4.81. The van der Waals surface area contributed by atoms with Crippen molar-refractivity contribution in [2.45, 2.75) is 0 Å². The number of aromatic nitrogens is 2. The molecule has 0 aliphatic carbocycles. The molecule has 0 unspecified atom stereocenters. The first kappa shape index (κ1) is 13.7. The van der Waals surface area contributed by atoms with Crippen molar-refractivity contribution >= 4 is 39.9 Å².